The van der Waals surface area contributed by atoms with E-state index in [0.29, 0.717) is 11.4 Å². The van der Waals surface area contributed by atoms with Gasteiger partial charge in [0.2, 0.25) is 0 Å². The number of halogens is 1. The van der Waals surface area contributed by atoms with Crippen LogP contribution in [0.3, 0.4) is 0 Å². The predicted octanol–water partition coefficient (Wildman–Crippen LogP) is 1.96. The summed E-state index contributed by atoms with van der Waals surface area (Å²) in [6.07, 6.45) is 0. The number of benzene rings is 1. The number of hydrogen-bond acceptors (Lipinski definition) is 4. The normalized spacial score (nSPS) is 16.1. The lowest BCUT2D eigenvalue weighted by Crippen LogP contribution is -2.53. The highest BCUT2D eigenvalue weighted by Crippen LogP contribution is 2.35. The molecule has 6 heteroatoms. The Bertz CT molecular complexity index is 549. The average molecular weight is 325 g/mol. The summed E-state index contributed by atoms with van der Waals surface area (Å²) in [7, 11) is 3.17. The number of amides is 1. The van der Waals surface area contributed by atoms with Crippen molar-refractivity contribution in [2.75, 3.05) is 32.3 Å². The first kappa shape index (κ1) is 13.8. The van der Waals surface area contributed by atoms with Crippen molar-refractivity contribution < 1.29 is 14.3 Å². The molecule has 0 saturated carbocycles. The minimum absolute atomic E-state index is 0.142. The minimum atomic E-state index is -1.07. The second-order valence-corrected chi connectivity index (χ2v) is 5.28. The zero-order valence-electron chi connectivity index (χ0n) is 10.6. The molecule has 1 heterocycles. The molecule has 0 unspecified atom stereocenters. The number of carbonyl (C=O) groups excluding carboxylic acids is 1. The molecule has 1 amide bonds. The second kappa shape index (κ2) is 5.19. The molecule has 0 spiro atoms. The first-order valence-corrected chi connectivity index (χ1v) is 6.44. The Kier molecular flexibility index (Phi) is 3.78. The van der Waals surface area contributed by atoms with Crippen LogP contribution in [0.2, 0.25) is 0 Å². The Morgan fingerprint density at radius 2 is 2.26 bits per heavy atom. The van der Waals surface area contributed by atoms with E-state index in [1.54, 1.807) is 19.2 Å². The molecule has 0 bridgehead atoms. The maximum absolute atomic E-state index is 12.4. The maximum atomic E-state index is 12.4. The number of hydrogen-bond donors (Lipinski definition) is 0. The lowest BCUT2D eigenvalue weighted by molar-refractivity contribution is -0.146. The zero-order chi connectivity index (χ0) is 14.0. The van der Waals surface area contributed by atoms with E-state index in [4.69, 9.17) is 14.7 Å². The Morgan fingerprint density at radius 3 is 2.74 bits per heavy atom. The van der Waals surface area contributed by atoms with E-state index in [0.717, 1.165) is 4.47 Å². The summed E-state index contributed by atoms with van der Waals surface area (Å²) in [5.74, 6) is 0.296. The van der Waals surface area contributed by atoms with Gasteiger partial charge in [-0.1, -0.05) is 15.9 Å². The summed E-state index contributed by atoms with van der Waals surface area (Å²) in [5.41, 5.74) is -0.453. The molecular weight excluding hydrogens is 312 g/mol. The monoisotopic (exact) mass is 324 g/mol. The van der Waals surface area contributed by atoms with E-state index in [1.807, 2.05) is 12.1 Å². The first-order chi connectivity index (χ1) is 9.04. The molecule has 0 atom stereocenters. The quantitative estimate of drug-likeness (QED) is 0.852. The molecule has 0 radical (unpaired) electrons. The molecular formula is C13H13BrN2O3. The topological polar surface area (TPSA) is 62.6 Å². The zero-order valence-corrected chi connectivity index (χ0v) is 12.2. The molecule has 5 nitrogen and oxygen atoms in total. The van der Waals surface area contributed by atoms with Crippen LogP contribution in [0.1, 0.15) is 0 Å². The number of carbonyl (C=O) groups is 1. The number of rotatable bonds is 3. The van der Waals surface area contributed by atoms with Crippen LogP contribution in [-0.4, -0.2) is 33.3 Å². The van der Waals surface area contributed by atoms with Gasteiger partial charge in [0.1, 0.15) is 5.75 Å². The highest BCUT2D eigenvalue weighted by molar-refractivity contribution is 9.10. The molecule has 1 aliphatic rings. The van der Waals surface area contributed by atoms with Crippen LogP contribution >= 0.6 is 15.9 Å². The van der Waals surface area contributed by atoms with Gasteiger partial charge in [-0.05, 0) is 18.2 Å². The molecule has 0 aromatic heterocycles. The van der Waals surface area contributed by atoms with Gasteiger partial charge in [-0.15, -0.1) is 0 Å². The van der Waals surface area contributed by atoms with Gasteiger partial charge in [-0.3, -0.25) is 4.79 Å². The number of ether oxygens (including phenoxy) is 2. The molecule has 2 rings (SSSR count). The van der Waals surface area contributed by atoms with Crippen molar-refractivity contribution >= 4 is 27.5 Å². The number of nitriles is 1. The number of methoxy groups -OCH3 is 1. The smallest absolute Gasteiger partial charge is 0.252 e. The van der Waals surface area contributed by atoms with E-state index >= 15 is 0 Å². The van der Waals surface area contributed by atoms with Gasteiger partial charge in [-0.25, -0.2) is 0 Å². The van der Waals surface area contributed by atoms with Gasteiger partial charge in [0.05, 0.1) is 32.1 Å². The second-order valence-electron chi connectivity index (χ2n) is 4.37. The SMILES string of the molecule is COc1ccc(Br)cc1N(C)C(=O)C1(C#N)COC1. The van der Waals surface area contributed by atoms with Crippen molar-refractivity contribution in [3.8, 4) is 11.8 Å². The molecule has 1 aromatic carbocycles. The third kappa shape index (κ3) is 2.31. The van der Waals surface area contributed by atoms with Crippen molar-refractivity contribution in [3.63, 3.8) is 0 Å². The Morgan fingerprint density at radius 1 is 1.58 bits per heavy atom. The van der Waals surface area contributed by atoms with E-state index in [9.17, 15) is 4.79 Å². The fraction of sp³-hybridized carbons (Fsp3) is 0.385. The van der Waals surface area contributed by atoms with Gasteiger partial charge in [0.15, 0.2) is 5.41 Å². The van der Waals surface area contributed by atoms with Gasteiger partial charge >= 0.3 is 0 Å². The molecule has 19 heavy (non-hydrogen) atoms. The summed E-state index contributed by atoms with van der Waals surface area (Å²) >= 11 is 3.36. The van der Waals surface area contributed by atoms with Crippen LogP contribution in [0.4, 0.5) is 5.69 Å². The summed E-state index contributed by atoms with van der Waals surface area (Å²) < 4.78 is 11.1. The molecule has 0 N–H and O–H groups in total. The van der Waals surface area contributed by atoms with Gasteiger partial charge < -0.3 is 14.4 Å². The number of anilines is 1. The highest BCUT2D eigenvalue weighted by Gasteiger charge is 2.48. The molecule has 100 valence electrons. The van der Waals surface area contributed by atoms with Crippen molar-refractivity contribution in [1.82, 2.24) is 0 Å². The van der Waals surface area contributed by atoms with E-state index < -0.39 is 5.41 Å². The molecule has 0 aliphatic carbocycles. The maximum Gasteiger partial charge on any atom is 0.252 e. The Balaban J connectivity index is 2.34. The summed E-state index contributed by atoms with van der Waals surface area (Å²) in [4.78, 5) is 13.9. The van der Waals surface area contributed by atoms with Gasteiger partial charge in [0.25, 0.3) is 5.91 Å². The van der Waals surface area contributed by atoms with Crippen molar-refractivity contribution in [2.45, 2.75) is 0 Å². The third-order valence-electron chi connectivity index (χ3n) is 3.13. The molecule has 1 saturated heterocycles. The fourth-order valence-electron chi connectivity index (χ4n) is 1.90. The lowest BCUT2D eigenvalue weighted by Gasteiger charge is -2.36. The molecule has 1 aliphatic heterocycles. The number of nitrogens with zero attached hydrogens (tertiary/aromatic N) is 2. The summed E-state index contributed by atoms with van der Waals surface area (Å²) in [6, 6.07) is 7.42. The van der Waals surface area contributed by atoms with Crippen LogP contribution in [0.25, 0.3) is 0 Å². The fourth-order valence-corrected chi connectivity index (χ4v) is 2.25. The largest absolute Gasteiger partial charge is 0.495 e. The van der Waals surface area contributed by atoms with Crippen molar-refractivity contribution in [2.24, 2.45) is 5.41 Å². The predicted molar refractivity (Wildman–Crippen MR) is 73.0 cm³/mol. The van der Waals surface area contributed by atoms with Gasteiger partial charge in [0, 0.05) is 11.5 Å². The lowest BCUT2D eigenvalue weighted by atomic mass is 9.86. The Labute approximate surface area is 119 Å². The van der Waals surface area contributed by atoms with Gasteiger partial charge in [-0.2, -0.15) is 5.26 Å². The summed E-state index contributed by atoms with van der Waals surface area (Å²) in [6.45, 7) is 0.284. The van der Waals surface area contributed by atoms with Crippen LogP contribution in [0, 0.1) is 16.7 Å². The standard InChI is InChI=1S/C13H13BrN2O3/c1-16(12(17)13(6-15)7-19-8-13)10-5-9(14)3-4-11(10)18-2/h3-5H,7-8H2,1-2H3. The van der Waals surface area contributed by atoms with Crippen molar-refractivity contribution in [1.29, 1.82) is 5.26 Å². The minimum Gasteiger partial charge on any atom is -0.495 e. The third-order valence-corrected chi connectivity index (χ3v) is 3.62. The first-order valence-electron chi connectivity index (χ1n) is 5.65. The van der Waals surface area contributed by atoms with E-state index in [-0.39, 0.29) is 19.1 Å². The van der Waals surface area contributed by atoms with Crippen LogP contribution in [0.15, 0.2) is 22.7 Å². The van der Waals surface area contributed by atoms with E-state index in [2.05, 4.69) is 15.9 Å². The molecule has 1 fully saturated rings. The average Bonchev–Trinajstić information content (AvgIpc) is 2.37. The van der Waals surface area contributed by atoms with E-state index in [1.165, 1.54) is 12.0 Å². The van der Waals surface area contributed by atoms with Crippen LogP contribution in [-0.2, 0) is 9.53 Å². The van der Waals surface area contributed by atoms with Crippen molar-refractivity contribution in [3.05, 3.63) is 22.7 Å². The summed E-state index contributed by atoms with van der Waals surface area (Å²) in [5, 5.41) is 9.17. The Hall–Kier alpha value is -1.58. The highest BCUT2D eigenvalue weighted by atomic mass is 79.9. The molecule has 1 aromatic rings. The van der Waals surface area contributed by atoms with Crippen LogP contribution in [0.5, 0.6) is 5.75 Å². The van der Waals surface area contributed by atoms with Crippen LogP contribution < -0.4 is 9.64 Å².